The average molecular weight is 396 g/mol. The lowest BCUT2D eigenvalue weighted by atomic mass is 10.1. The Kier molecular flexibility index (Phi) is 5.53. The van der Waals surface area contributed by atoms with E-state index in [2.05, 4.69) is 15.3 Å². The summed E-state index contributed by atoms with van der Waals surface area (Å²) in [6.45, 7) is 2.73. The first kappa shape index (κ1) is 19.4. The molecule has 8 heteroatoms. The molecule has 2 heterocycles. The molecule has 0 spiro atoms. The molecule has 154 valence electrons. The molecule has 2 N–H and O–H groups in total. The minimum absolute atomic E-state index is 0.0457. The number of urea groups is 1. The fraction of sp³-hybridized carbons (Fsp3) is 0.476. The average Bonchev–Trinajstić information content (AvgIpc) is 3.26. The van der Waals surface area contributed by atoms with Crippen LogP contribution in [0.3, 0.4) is 0 Å². The maximum Gasteiger partial charge on any atom is 0.343 e. The summed E-state index contributed by atoms with van der Waals surface area (Å²) in [6, 6.07) is 8.11. The largest absolute Gasteiger partial charge is 0.396 e. The summed E-state index contributed by atoms with van der Waals surface area (Å²) in [7, 11) is 1.77. The van der Waals surface area contributed by atoms with E-state index in [1.807, 2.05) is 31.2 Å². The highest BCUT2D eigenvalue weighted by Crippen LogP contribution is 2.38. The second-order valence-electron chi connectivity index (χ2n) is 7.54. The molecule has 0 bridgehead atoms. The molecule has 2 aromatic rings. The van der Waals surface area contributed by atoms with E-state index in [9.17, 15) is 4.79 Å². The molecule has 0 atom stereocenters. The van der Waals surface area contributed by atoms with Crippen LogP contribution in [0.5, 0.6) is 0 Å². The van der Waals surface area contributed by atoms with Gasteiger partial charge in [-0.2, -0.15) is 4.98 Å². The summed E-state index contributed by atoms with van der Waals surface area (Å²) < 4.78 is 0. The van der Waals surface area contributed by atoms with Gasteiger partial charge in [0.1, 0.15) is 5.69 Å². The van der Waals surface area contributed by atoms with Crippen molar-refractivity contribution >= 4 is 29.2 Å². The van der Waals surface area contributed by atoms with Gasteiger partial charge in [-0.3, -0.25) is 9.91 Å². The molecule has 1 aliphatic heterocycles. The standard InChI is InChI=1S/C21H28N6O2/c1-3-26-21(29)25(2)18-14-22-20(23-16-10-8-15(9-11-16)12-13-28)24-19(18)27(26)17-6-4-5-7-17/h8-11,14,17,28H,3-7,12-13H2,1-2H3,(H,22,23,24). The highest BCUT2D eigenvalue weighted by molar-refractivity contribution is 5.98. The van der Waals surface area contributed by atoms with Gasteiger partial charge < -0.3 is 10.4 Å². The summed E-state index contributed by atoms with van der Waals surface area (Å²) in [6.07, 6.45) is 6.83. The van der Waals surface area contributed by atoms with Crippen LogP contribution in [0.15, 0.2) is 30.5 Å². The maximum absolute atomic E-state index is 12.9. The Labute approximate surface area is 171 Å². The number of aliphatic hydroxyl groups is 1. The third-order valence-electron chi connectivity index (χ3n) is 5.68. The third-order valence-corrected chi connectivity index (χ3v) is 5.68. The second-order valence-corrected chi connectivity index (χ2v) is 7.54. The van der Waals surface area contributed by atoms with Crippen molar-refractivity contribution < 1.29 is 9.90 Å². The van der Waals surface area contributed by atoms with Crippen molar-refractivity contribution in [1.82, 2.24) is 15.0 Å². The second kappa shape index (κ2) is 8.24. The number of hydrogen-bond donors (Lipinski definition) is 2. The third kappa shape index (κ3) is 3.72. The summed E-state index contributed by atoms with van der Waals surface area (Å²) in [4.78, 5) is 23.7. The number of hydrazine groups is 1. The number of nitrogens with one attached hydrogen (secondary N) is 1. The Morgan fingerprint density at radius 1 is 1.21 bits per heavy atom. The van der Waals surface area contributed by atoms with Crippen molar-refractivity contribution in [2.45, 2.75) is 45.1 Å². The minimum atomic E-state index is -0.0457. The molecule has 2 amide bonds. The van der Waals surface area contributed by atoms with Crippen molar-refractivity contribution in [3.63, 3.8) is 0 Å². The Bertz CT molecular complexity index is 866. The minimum Gasteiger partial charge on any atom is -0.396 e. The van der Waals surface area contributed by atoms with Crippen molar-refractivity contribution in [2.24, 2.45) is 0 Å². The molecule has 1 saturated carbocycles. The van der Waals surface area contributed by atoms with Gasteiger partial charge in [0.25, 0.3) is 0 Å². The summed E-state index contributed by atoms with van der Waals surface area (Å²) in [5, 5.41) is 16.2. The number of aromatic nitrogens is 2. The van der Waals surface area contributed by atoms with Gasteiger partial charge in [0.05, 0.1) is 12.2 Å². The zero-order valence-electron chi connectivity index (χ0n) is 17.0. The zero-order valence-corrected chi connectivity index (χ0v) is 17.0. The first-order valence-corrected chi connectivity index (χ1v) is 10.3. The fourth-order valence-corrected chi connectivity index (χ4v) is 4.13. The highest BCUT2D eigenvalue weighted by atomic mass is 16.3. The number of carbonyl (C=O) groups is 1. The molecule has 1 fully saturated rings. The van der Waals surface area contributed by atoms with Crippen LogP contribution in [0.2, 0.25) is 0 Å². The fourth-order valence-electron chi connectivity index (χ4n) is 4.13. The molecule has 0 radical (unpaired) electrons. The molecule has 1 aromatic carbocycles. The van der Waals surface area contributed by atoms with Gasteiger partial charge in [0, 0.05) is 25.9 Å². The molecule has 8 nitrogen and oxygen atoms in total. The van der Waals surface area contributed by atoms with Gasteiger partial charge in [-0.05, 0) is 43.9 Å². The first-order chi connectivity index (χ1) is 14.1. The number of fused-ring (bicyclic) bond motifs is 1. The van der Waals surface area contributed by atoms with Gasteiger partial charge in [-0.15, -0.1) is 0 Å². The number of carbonyl (C=O) groups excluding carboxylic acids is 1. The number of amides is 2. The Balaban J connectivity index is 1.66. The van der Waals surface area contributed by atoms with Gasteiger partial charge in [0.2, 0.25) is 5.95 Å². The van der Waals surface area contributed by atoms with E-state index in [4.69, 9.17) is 10.1 Å². The Morgan fingerprint density at radius 2 is 1.93 bits per heavy atom. The van der Waals surface area contributed by atoms with Crippen molar-refractivity contribution in [3.8, 4) is 0 Å². The van der Waals surface area contributed by atoms with Crippen molar-refractivity contribution in [2.75, 3.05) is 35.4 Å². The van der Waals surface area contributed by atoms with E-state index in [1.165, 1.54) is 12.8 Å². The lowest BCUT2D eigenvalue weighted by Crippen LogP contribution is -2.59. The summed E-state index contributed by atoms with van der Waals surface area (Å²) >= 11 is 0. The van der Waals surface area contributed by atoms with Gasteiger partial charge >= 0.3 is 6.03 Å². The molecule has 1 aromatic heterocycles. The molecule has 0 unspecified atom stereocenters. The number of benzene rings is 1. The Hall–Kier alpha value is -2.87. The van der Waals surface area contributed by atoms with E-state index in [0.717, 1.165) is 35.6 Å². The number of hydrogen-bond acceptors (Lipinski definition) is 6. The molecule has 4 rings (SSSR count). The topological polar surface area (TPSA) is 84.8 Å². The van der Waals surface area contributed by atoms with Gasteiger partial charge in [-0.25, -0.2) is 14.8 Å². The quantitative estimate of drug-likeness (QED) is 0.779. The summed E-state index contributed by atoms with van der Waals surface area (Å²) in [5.74, 6) is 1.27. The SMILES string of the molecule is CCN1C(=O)N(C)c2cnc(Nc3ccc(CCO)cc3)nc2N1C1CCCC1. The molecule has 0 saturated heterocycles. The lowest BCUT2D eigenvalue weighted by Gasteiger charge is -2.45. The van der Waals surface area contributed by atoms with Crippen LogP contribution in [0, 0.1) is 0 Å². The highest BCUT2D eigenvalue weighted by Gasteiger charge is 2.39. The molecular formula is C21H28N6O2. The molecule has 29 heavy (non-hydrogen) atoms. The monoisotopic (exact) mass is 396 g/mol. The van der Waals surface area contributed by atoms with Crippen molar-refractivity contribution in [3.05, 3.63) is 36.0 Å². The number of rotatable bonds is 6. The molecule has 2 aliphatic rings. The van der Waals surface area contributed by atoms with Gasteiger partial charge in [0.15, 0.2) is 5.82 Å². The normalized spacial score (nSPS) is 17.1. The lowest BCUT2D eigenvalue weighted by molar-refractivity contribution is 0.191. The van der Waals surface area contributed by atoms with Crippen LogP contribution >= 0.6 is 0 Å². The predicted molar refractivity (Wildman–Crippen MR) is 113 cm³/mol. The predicted octanol–water partition coefficient (Wildman–Crippen LogP) is 3.31. The van der Waals surface area contributed by atoms with Crippen LogP contribution < -0.4 is 15.2 Å². The summed E-state index contributed by atoms with van der Waals surface area (Å²) in [5.41, 5.74) is 2.69. The van der Waals surface area contributed by atoms with Crippen molar-refractivity contribution in [1.29, 1.82) is 0 Å². The number of anilines is 4. The van der Waals surface area contributed by atoms with E-state index >= 15 is 0 Å². The van der Waals surface area contributed by atoms with E-state index in [0.29, 0.717) is 18.9 Å². The van der Waals surface area contributed by atoms with E-state index < -0.39 is 0 Å². The molecule has 1 aliphatic carbocycles. The molecular weight excluding hydrogens is 368 g/mol. The van der Waals surface area contributed by atoms with Crippen LogP contribution in [-0.4, -0.2) is 52.4 Å². The van der Waals surface area contributed by atoms with Crippen LogP contribution in [0.25, 0.3) is 0 Å². The van der Waals surface area contributed by atoms with Crippen LogP contribution in [0.1, 0.15) is 38.2 Å². The first-order valence-electron chi connectivity index (χ1n) is 10.3. The van der Waals surface area contributed by atoms with E-state index in [1.54, 1.807) is 23.2 Å². The number of nitrogens with zero attached hydrogens (tertiary/aromatic N) is 5. The van der Waals surface area contributed by atoms with E-state index in [-0.39, 0.29) is 18.7 Å². The zero-order chi connectivity index (χ0) is 20.4. The number of aliphatic hydroxyl groups excluding tert-OH is 1. The van der Waals surface area contributed by atoms with Crippen LogP contribution in [-0.2, 0) is 6.42 Å². The Morgan fingerprint density at radius 3 is 2.59 bits per heavy atom. The van der Waals surface area contributed by atoms with Crippen LogP contribution in [0.4, 0.5) is 27.9 Å². The maximum atomic E-state index is 12.9. The smallest absolute Gasteiger partial charge is 0.343 e. The van der Waals surface area contributed by atoms with Gasteiger partial charge in [-0.1, -0.05) is 25.0 Å².